The second-order valence-corrected chi connectivity index (χ2v) is 5.59. The molecule has 0 aliphatic rings. The highest BCUT2D eigenvalue weighted by atomic mass is 32.1. The number of hydrogen-bond acceptors (Lipinski definition) is 3. The van der Waals surface area contributed by atoms with Crippen LogP contribution in [0.4, 0.5) is 0 Å². The molecule has 4 heteroatoms. The van der Waals surface area contributed by atoms with Gasteiger partial charge in [0.2, 0.25) is 0 Å². The van der Waals surface area contributed by atoms with Gasteiger partial charge in [-0.05, 0) is 12.0 Å². The summed E-state index contributed by atoms with van der Waals surface area (Å²) in [7, 11) is 1.84. The van der Waals surface area contributed by atoms with E-state index in [4.69, 9.17) is 5.11 Å². The van der Waals surface area contributed by atoms with Crippen molar-refractivity contribution in [3.8, 4) is 11.8 Å². The normalized spacial score (nSPS) is 11.6. The van der Waals surface area contributed by atoms with Crippen molar-refractivity contribution in [1.29, 1.82) is 0 Å². The van der Waals surface area contributed by atoms with Crippen LogP contribution in [0.15, 0.2) is 11.4 Å². The molecule has 0 aliphatic heterocycles. The number of aliphatic hydroxyl groups excluding tert-OH is 1. The summed E-state index contributed by atoms with van der Waals surface area (Å²) in [4.78, 5) is 14.8. The van der Waals surface area contributed by atoms with E-state index in [-0.39, 0.29) is 12.5 Å². The number of aliphatic hydroxyl groups is 1. The summed E-state index contributed by atoms with van der Waals surface area (Å²) in [5, 5.41) is 10.5. The maximum absolute atomic E-state index is 12.2. The minimum atomic E-state index is 0.0479. The molecular formula is C15H21NO2S. The smallest absolute Gasteiger partial charge is 0.254 e. The molecule has 1 amide bonds. The van der Waals surface area contributed by atoms with E-state index in [1.807, 2.05) is 18.5 Å². The van der Waals surface area contributed by atoms with Crippen molar-refractivity contribution in [2.75, 3.05) is 20.2 Å². The monoisotopic (exact) mass is 279 g/mol. The number of hydrogen-bond donors (Lipinski definition) is 1. The van der Waals surface area contributed by atoms with Gasteiger partial charge < -0.3 is 10.0 Å². The van der Waals surface area contributed by atoms with Gasteiger partial charge in [0.05, 0.1) is 17.0 Å². The predicted molar refractivity (Wildman–Crippen MR) is 79.3 cm³/mol. The van der Waals surface area contributed by atoms with Crippen LogP contribution in [0.2, 0.25) is 0 Å². The Morgan fingerprint density at radius 2 is 2.32 bits per heavy atom. The van der Waals surface area contributed by atoms with E-state index in [1.54, 1.807) is 4.90 Å². The van der Waals surface area contributed by atoms with Crippen molar-refractivity contribution < 1.29 is 9.90 Å². The molecule has 104 valence electrons. The molecule has 0 saturated heterocycles. The average molecular weight is 279 g/mol. The molecule has 0 bridgehead atoms. The molecule has 0 aromatic carbocycles. The maximum atomic E-state index is 12.2. The van der Waals surface area contributed by atoms with Crippen molar-refractivity contribution in [1.82, 2.24) is 4.90 Å². The molecule has 19 heavy (non-hydrogen) atoms. The summed E-state index contributed by atoms with van der Waals surface area (Å²) in [5.74, 6) is 6.37. The first-order valence-corrected chi connectivity index (χ1v) is 7.40. The Kier molecular flexibility index (Phi) is 6.61. The van der Waals surface area contributed by atoms with Crippen LogP contribution >= 0.6 is 11.3 Å². The van der Waals surface area contributed by atoms with Gasteiger partial charge in [0.15, 0.2) is 0 Å². The Morgan fingerprint density at radius 3 is 2.95 bits per heavy atom. The van der Waals surface area contributed by atoms with Crippen LogP contribution < -0.4 is 0 Å². The Hall–Kier alpha value is -1.31. The van der Waals surface area contributed by atoms with E-state index < -0.39 is 0 Å². The van der Waals surface area contributed by atoms with E-state index in [9.17, 15) is 4.79 Å². The van der Waals surface area contributed by atoms with Gasteiger partial charge in [-0.15, -0.1) is 11.3 Å². The zero-order valence-electron chi connectivity index (χ0n) is 11.8. The number of nitrogens with zero attached hydrogens (tertiary/aromatic N) is 1. The van der Waals surface area contributed by atoms with Crippen molar-refractivity contribution in [2.45, 2.75) is 26.7 Å². The minimum absolute atomic E-state index is 0.0479. The molecule has 0 spiro atoms. The summed E-state index contributed by atoms with van der Waals surface area (Å²) < 4.78 is 0. The van der Waals surface area contributed by atoms with E-state index in [0.717, 1.165) is 17.8 Å². The summed E-state index contributed by atoms with van der Waals surface area (Å²) in [6, 6.07) is 1.82. The molecule has 1 aromatic heterocycles. The highest BCUT2D eigenvalue weighted by molar-refractivity contribution is 7.10. The first-order chi connectivity index (χ1) is 9.08. The summed E-state index contributed by atoms with van der Waals surface area (Å²) in [6.45, 7) is 5.12. The second-order valence-electron chi connectivity index (χ2n) is 4.67. The van der Waals surface area contributed by atoms with Crippen molar-refractivity contribution >= 4 is 17.2 Å². The lowest BCUT2D eigenvalue weighted by Gasteiger charge is -2.20. The van der Waals surface area contributed by atoms with Crippen LogP contribution in [0, 0.1) is 17.8 Å². The van der Waals surface area contributed by atoms with Crippen molar-refractivity contribution in [2.24, 2.45) is 5.92 Å². The molecule has 0 radical (unpaired) electrons. The molecule has 0 aliphatic carbocycles. The quantitative estimate of drug-likeness (QED) is 0.842. The number of rotatable bonds is 5. The van der Waals surface area contributed by atoms with E-state index >= 15 is 0 Å². The summed E-state index contributed by atoms with van der Waals surface area (Å²) >= 11 is 1.47. The lowest BCUT2D eigenvalue weighted by Crippen LogP contribution is -2.30. The zero-order valence-corrected chi connectivity index (χ0v) is 12.6. The van der Waals surface area contributed by atoms with Crippen LogP contribution in [-0.2, 0) is 0 Å². The van der Waals surface area contributed by atoms with Gasteiger partial charge in [0, 0.05) is 25.4 Å². The molecule has 1 atom stereocenters. The van der Waals surface area contributed by atoms with Gasteiger partial charge in [-0.3, -0.25) is 4.79 Å². The Labute approximate surface area is 119 Å². The van der Waals surface area contributed by atoms with Gasteiger partial charge in [0.25, 0.3) is 5.91 Å². The van der Waals surface area contributed by atoms with Gasteiger partial charge in [-0.1, -0.05) is 32.1 Å². The lowest BCUT2D eigenvalue weighted by molar-refractivity contribution is 0.0775. The third-order valence-corrected chi connectivity index (χ3v) is 3.77. The fourth-order valence-electron chi connectivity index (χ4n) is 1.62. The standard InChI is InChI=1S/C15H21NO2S/c1-4-12(2)10-16(3)15(18)13-9-14(19-11-13)7-5-6-8-17/h9,11-12,17H,4,6,8,10H2,1-3H3. The fraction of sp³-hybridized carbons (Fsp3) is 0.533. The van der Waals surface area contributed by atoms with E-state index in [0.29, 0.717) is 17.9 Å². The van der Waals surface area contributed by atoms with Crippen LogP contribution in [0.1, 0.15) is 41.9 Å². The average Bonchev–Trinajstić information content (AvgIpc) is 2.86. The first kappa shape index (κ1) is 15.7. The molecule has 1 N–H and O–H groups in total. The second kappa shape index (κ2) is 7.98. The van der Waals surface area contributed by atoms with Crippen LogP contribution in [0.25, 0.3) is 0 Å². The number of amides is 1. The SMILES string of the molecule is CCC(C)CN(C)C(=O)c1csc(C#CCCO)c1. The molecule has 0 fully saturated rings. The number of thiophene rings is 1. The highest BCUT2D eigenvalue weighted by Crippen LogP contribution is 2.16. The Bertz CT molecular complexity index is 470. The molecular weight excluding hydrogens is 258 g/mol. The van der Waals surface area contributed by atoms with E-state index in [1.165, 1.54) is 11.3 Å². The van der Waals surface area contributed by atoms with Crippen molar-refractivity contribution in [3.05, 3.63) is 21.9 Å². The predicted octanol–water partition coefficient (Wildman–Crippen LogP) is 2.60. The molecule has 0 saturated carbocycles. The van der Waals surface area contributed by atoms with Gasteiger partial charge in [-0.25, -0.2) is 0 Å². The Morgan fingerprint density at radius 1 is 1.58 bits per heavy atom. The first-order valence-electron chi connectivity index (χ1n) is 6.52. The number of carbonyl (C=O) groups is 1. The fourth-order valence-corrected chi connectivity index (χ4v) is 2.37. The van der Waals surface area contributed by atoms with E-state index in [2.05, 4.69) is 25.7 Å². The third-order valence-electron chi connectivity index (χ3n) is 2.92. The van der Waals surface area contributed by atoms with Crippen LogP contribution in [0.3, 0.4) is 0 Å². The molecule has 3 nitrogen and oxygen atoms in total. The summed E-state index contributed by atoms with van der Waals surface area (Å²) in [5.41, 5.74) is 0.698. The molecule has 1 aromatic rings. The molecule has 1 heterocycles. The number of carbonyl (C=O) groups excluding carboxylic acids is 1. The maximum Gasteiger partial charge on any atom is 0.254 e. The third kappa shape index (κ3) is 5.06. The minimum Gasteiger partial charge on any atom is -0.395 e. The van der Waals surface area contributed by atoms with Crippen molar-refractivity contribution in [3.63, 3.8) is 0 Å². The zero-order chi connectivity index (χ0) is 14.3. The van der Waals surface area contributed by atoms with Crippen LogP contribution in [-0.4, -0.2) is 36.1 Å². The summed E-state index contributed by atoms with van der Waals surface area (Å²) in [6.07, 6.45) is 1.54. The van der Waals surface area contributed by atoms with Gasteiger partial charge in [-0.2, -0.15) is 0 Å². The topological polar surface area (TPSA) is 40.5 Å². The van der Waals surface area contributed by atoms with Gasteiger partial charge in [0.1, 0.15) is 0 Å². The highest BCUT2D eigenvalue weighted by Gasteiger charge is 2.14. The Balaban J connectivity index is 2.65. The molecule has 1 rings (SSSR count). The molecule has 1 unspecified atom stereocenters. The largest absolute Gasteiger partial charge is 0.395 e. The van der Waals surface area contributed by atoms with Crippen LogP contribution in [0.5, 0.6) is 0 Å². The van der Waals surface area contributed by atoms with Gasteiger partial charge >= 0.3 is 0 Å². The lowest BCUT2D eigenvalue weighted by atomic mass is 10.1.